The second kappa shape index (κ2) is 58.2. The first-order chi connectivity index (χ1) is 42.6. The summed E-state index contributed by atoms with van der Waals surface area (Å²) in [4.78, 5) is 49.9. The van der Waals surface area contributed by atoms with Gasteiger partial charge in [-0.05, 0) is 127 Å². The van der Waals surface area contributed by atoms with Crippen molar-refractivity contribution in [3.8, 4) is 0 Å². The van der Waals surface area contributed by atoms with E-state index >= 15 is 0 Å². The molecule has 14 nitrogen and oxygen atoms in total. The van der Waals surface area contributed by atoms with Crippen molar-refractivity contribution >= 4 is 81.9 Å². The van der Waals surface area contributed by atoms with Gasteiger partial charge >= 0.3 is 61.6 Å². The molecule has 0 fully saturated rings. The SMILES string of the molecule is CCC/C=C/CCCCCCCCCOC(=O)c1cccc(S(=O)(=O)[O-])c1C(=O)OCCCCCCCCC/C=C/CCC.CCC/C=C/CCCCCCCCCOC(=O)c1cccc(S(=O)(=O)[O-])c1C(=O)OCCCCCCCCC/C=C/CCC.[Ca+2]. The van der Waals surface area contributed by atoms with Gasteiger partial charge in [0.2, 0.25) is 0 Å². The summed E-state index contributed by atoms with van der Waals surface area (Å²) in [5, 5.41) is 0. The number of ether oxygens (including phenoxy) is 4. The van der Waals surface area contributed by atoms with Gasteiger partial charge in [0, 0.05) is 0 Å². The number of unbranched alkanes of at least 4 members (excludes halogenated alkanes) is 32. The predicted molar refractivity (Wildman–Crippen MR) is 360 cm³/mol. The maximum atomic E-state index is 12.9. The van der Waals surface area contributed by atoms with Gasteiger partial charge < -0.3 is 28.1 Å². The third kappa shape index (κ3) is 45.3. The van der Waals surface area contributed by atoms with E-state index in [-0.39, 0.29) is 75.3 Å². The Morgan fingerprint density at radius 2 is 0.517 bits per heavy atom. The van der Waals surface area contributed by atoms with Gasteiger partial charge in [-0.25, -0.2) is 36.0 Å². The molecule has 2 rings (SSSR count). The Bertz CT molecular complexity index is 2330. The molecule has 0 spiro atoms. The molecule has 500 valence electrons. The van der Waals surface area contributed by atoms with Crippen molar-refractivity contribution in [1.82, 2.24) is 0 Å². The number of hydrogen-bond donors (Lipinski definition) is 0. The monoisotopic (exact) mass is 1310 g/mol. The average Bonchev–Trinajstić information content (AvgIpc) is 3.38. The summed E-state index contributed by atoms with van der Waals surface area (Å²) < 4.78 is 92.6. The Hall–Kier alpha value is -3.64. The van der Waals surface area contributed by atoms with E-state index in [0.717, 1.165) is 141 Å². The topological polar surface area (TPSA) is 220 Å². The summed E-state index contributed by atoms with van der Waals surface area (Å²) in [6.07, 6.45) is 61.0. The standard InChI is InChI=1S/2C36H58O7S.Ca/c2*1-3-5-7-9-11-13-15-17-19-21-23-25-30-42-35(37)32-28-27-29-33(44(39,40)41)34(32)36(38)43-31-26-24-22-20-18-16-14-12-10-8-6-4-2;/h2*7-10,27-29H,3-6,11-26,30-31H2,1-2H3,(H,39,40,41);/q;;+2/p-2/b2*9-7+,10-8+;. The molecule has 0 bridgehead atoms. The van der Waals surface area contributed by atoms with E-state index < -0.39 is 65.0 Å². The molecule has 0 saturated heterocycles. The van der Waals surface area contributed by atoms with Crippen molar-refractivity contribution < 1.29 is 64.1 Å². The van der Waals surface area contributed by atoms with E-state index in [1.807, 2.05) is 0 Å². The largest absolute Gasteiger partial charge is 2.00 e. The molecule has 0 amide bonds. The molecule has 17 heteroatoms. The van der Waals surface area contributed by atoms with Crippen molar-refractivity contribution in [3.63, 3.8) is 0 Å². The van der Waals surface area contributed by atoms with Gasteiger partial charge in [-0.1, -0.05) is 243 Å². The van der Waals surface area contributed by atoms with Crippen molar-refractivity contribution in [2.45, 2.75) is 294 Å². The van der Waals surface area contributed by atoms with Crippen molar-refractivity contribution in [2.75, 3.05) is 26.4 Å². The number of carbonyl (C=O) groups excluding carboxylic acids is 4. The van der Waals surface area contributed by atoms with Crippen LogP contribution in [0.2, 0.25) is 0 Å². The zero-order valence-corrected chi connectivity index (χ0v) is 59.3. The van der Waals surface area contributed by atoms with Crippen LogP contribution < -0.4 is 0 Å². The molecule has 89 heavy (non-hydrogen) atoms. The van der Waals surface area contributed by atoms with Gasteiger partial charge in [-0.15, -0.1) is 0 Å². The number of rotatable bonds is 54. The Morgan fingerprint density at radius 1 is 0.315 bits per heavy atom. The normalized spacial score (nSPS) is 11.8. The molecule has 0 radical (unpaired) electrons. The number of benzene rings is 2. The van der Waals surface area contributed by atoms with Crippen LogP contribution >= 0.6 is 0 Å². The fourth-order valence-corrected chi connectivity index (χ4v) is 11.2. The molecule has 0 aliphatic carbocycles. The average molecular weight is 1310 g/mol. The minimum atomic E-state index is -5.01. The van der Waals surface area contributed by atoms with Crippen LogP contribution in [-0.2, 0) is 39.2 Å². The number of allylic oxidation sites excluding steroid dienone is 8. The van der Waals surface area contributed by atoms with Gasteiger partial charge in [0.05, 0.1) is 58.5 Å². The molecule has 0 atom stereocenters. The summed E-state index contributed by atoms with van der Waals surface area (Å²) >= 11 is 0. The Morgan fingerprint density at radius 3 is 0.742 bits per heavy atom. The maximum absolute atomic E-state index is 12.9. The van der Waals surface area contributed by atoms with E-state index in [9.17, 15) is 45.1 Å². The Labute approximate surface area is 569 Å². The van der Waals surface area contributed by atoms with Crippen molar-refractivity contribution in [2.24, 2.45) is 0 Å². The summed E-state index contributed by atoms with van der Waals surface area (Å²) in [7, 11) is -10.0. The number of hydrogen-bond acceptors (Lipinski definition) is 14. The summed E-state index contributed by atoms with van der Waals surface area (Å²) in [5.74, 6) is -3.66. The van der Waals surface area contributed by atoms with Crippen molar-refractivity contribution in [3.05, 3.63) is 107 Å². The van der Waals surface area contributed by atoms with Crippen LogP contribution in [-0.4, -0.2) is 114 Å². The van der Waals surface area contributed by atoms with Crippen LogP contribution in [0.1, 0.15) is 326 Å². The summed E-state index contributed by atoms with van der Waals surface area (Å²) in [5.41, 5.74) is -1.59. The molecule has 0 aromatic heterocycles. The smallest absolute Gasteiger partial charge is 0.744 e. The molecule has 0 aliphatic rings. The van der Waals surface area contributed by atoms with Crippen LogP contribution in [0.4, 0.5) is 0 Å². The molecular formula is C72H114CaO14S2. The second-order valence-electron chi connectivity index (χ2n) is 22.9. The van der Waals surface area contributed by atoms with E-state index in [4.69, 9.17) is 18.9 Å². The van der Waals surface area contributed by atoms with Crippen LogP contribution in [0.25, 0.3) is 0 Å². The predicted octanol–water partition coefficient (Wildman–Crippen LogP) is 19.3. The molecule has 0 heterocycles. The summed E-state index contributed by atoms with van der Waals surface area (Å²) in [6, 6.07) is 7.17. The van der Waals surface area contributed by atoms with E-state index in [2.05, 4.69) is 76.3 Å². The molecule has 0 aliphatic heterocycles. The van der Waals surface area contributed by atoms with Crippen LogP contribution in [0, 0.1) is 0 Å². The van der Waals surface area contributed by atoms with Gasteiger partial charge in [0.1, 0.15) is 20.2 Å². The third-order valence-electron chi connectivity index (χ3n) is 14.9. The molecule has 0 saturated carbocycles. The zero-order chi connectivity index (χ0) is 64.6. The Balaban J connectivity index is 0.00000172. The van der Waals surface area contributed by atoms with Crippen LogP contribution in [0.3, 0.4) is 0 Å². The fourth-order valence-electron chi connectivity index (χ4n) is 9.80. The number of esters is 4. The maximum Gasteiger partial charge on any atom is 2.00 e. The zero-order valence-electron chi connectivity index (χ0n) is 55.4. The quantitative estimate of drug-likeness (QED) is 0.0150. The van der Waals surface area contributed by atoms with Gasteiger partial charge in [0.15, 0.2) is 0 Å². The van der Waals surface area contributed by atoms with Crippen LogP contribution in [0.15, 0.2) is 94.8 Å². The van der Waals surface area contributed by atoms with E-state index in [1.165, 1.54) is 127 Å². The first-order valence-corrected chi connectivity index (χ1v) is 36.9. The Kier molecular flexibility index (Phi) is 55.8. The molecule has 2 aromatic rings. The first-order valence-electron chi connectivity index (χ1n) is 34.1. The molecular weight excluding hydrogens is 1190 g/mol. The second-order valence-corrected chi connectivity index (χ2v) is 25.6. The van der Waals surface area contributed by atoms with Gasteiger partial charge in [0.25, 0.3) is 0 Å². The van der Waals surface area contributed by atoms with Gasteiger partial charge in [-0.2, -0.15) is 0 Å². The van der Waals surface area contributed by atoms with Crippen LogP contribution in [0.5, 0.6) is 0 Å². The molecule has 0 unspecified atom stereocenters. The van der Waals surface area contributed by atoms with E-state index in [1.54, 1.807) is 0 Å². The first kappa shape index (κ1) is 85.4. The summed E-state index contributed by atoms with van der Waals surface area (Å²) in [6.45, 7) is 9.18. The fraction of sp³-hybridized carbons (Fsp3) is 0.667. The van der Waals surface area contributed by atoms with Crippen molar-refractivity contribution in [1.29, 1.82) is 0 Å². The van der Waals surface area contributed by atoms with E-state index in [0.29, 0.717) is 25.7 Å². The third-order valence-corrected chi connectivity index (χ3v) is 16.7. The minimum Gasteiger partial charge on any atom is -0.744 e. The molecule has 0 N–H and O–H groups in total. The number of carbonyl (C=O) groups is 4. The van der Waals surface area contributed by atoms with Gasteiger partial charge in [-0.3, -0.25) is 0 Å². The minimum absolute atomic E-state index is 0. The molecule has 2 aromatic carbocycles.